The first kappa shape index (κ1) is 11.9. The van der Waals surface area contributed by atoms with Crippen molar-refractivity contribution in [3.05, 3.63) is 44.3 Å². The molecule has 0 aromatic carbocycles. The van der Waals surface area contributed by atoms with Crippen molar-refractivity contribution in [3.8, 4) is 0 Å². The predicted octanol–water partition coefficient (Wildman–Crippen LogP) is 2.24. The lowest BCUT2D eigenvalue weighted by Gasteiger charge is -2.34. The lowest BCUT2D eigenvalue weighted by molar-refractivity contribution is -0.119. The van der Waals surface area contributed by atoms with Gasteiger partial charge in [0, 0.05) is 16.3 Å². The highest BCUT2D eigenvalue weighted by atomic mass is 32.1. The molecule has 1 atom stereocenters. The van der Waals surface area contributed by atoms with Crippen LogP contribution in [0.2, 0.25) is 0 Å². The number of rotatable bonds is 3. The average Bonchev–Trinajstić information content (AvgIpc) is 2.97. The molecular formula is C13H14N2OS2. The largest absolute Gasteiger partial charge is 0.369 e. The number of nitrogens with zero attached hydrogens (tertiary/aromatic N) is 1. The van der Waals surface area contributed by atoms with Crippen molar-refractivity contribution in [1.29, 1.82) is 0 Å². The lowest BCUT2D eigenvalue weighted by atomic mass is 9.98. The number of fused-ring (bicyclic) bond motifs is 1. The van der Waals surface area contributed by atoms with Gasteiger partial charge < -0.3 is 5.73 Å². The Balaban J connectivity index is 2.00. The second kappa shape index (κ2) is 4.84. The zero-order chi connectivity index (χ0) is 12.5. The molecule has 0 aliphatic carbocycles. The molecular weight excluding hydrogens is 264 g/mol. The molecule has 3 nitrogen and oxygen atoms in total. The van der Waals surface area contributed by atoms with Gasteiger partial charge in [0.2, 0.25) is 5.91 Å². The molecule has 1 aliphatic rings. The van der Waals surface area contributed by atoms with Crippen LogP contribution >= 0.6 is 22.7 Å². The molecule has 0 saturated carbocycles. The van der Waals surface area contributed by atoms with Gasteiger partial charge >= 0.3 is 0 Å². The first-order valence-electron chi connectivity index (χ1n) is 5.87. The summed E-state index contributed by atoms with van der Waals surface area (Å²) in [6.45, 7) is 1.23. The Bertz CT molecular complexity index is 547. The number of nitrogens with two attached hydrogens (primary N) is 1. The maximum atomic E-state index is 11.2. The summed E-state index contributed by atoms with van der Waals surface area (Å²) in [5.41, 5.74) is 6.70. The van der Waals surface area contributed by atoms with Crippen LogP contribution in [0, 0.1) is 0 Å². The van der Waals surface area contributed by atoms with Crippen molar-refractivity contribution < 1.29 is 4.79 Å². The normalized spacial score (nSPS) is 19.7. The minimum absolute atomic E-state index is 0.201. The molecule has 1 aliphatic heterocycles. The van der Waals surface area contributed by atoms with Crippen LogP contribution in [-0.2, 0) is 11.2 Å². The van der Waals surface area contributed by atoms with Crippen molar-refractivity contribution in [2.45, 2.75) is 12.5 Å². The topological polar surface area (TPSA) is 46.3 Å². The van der Waals surface area contributed by atoms with Gasteiger partial charge in [0.15, 0.2) is 0 Å². The zero-order valence-corrected chi connectivity index (χ0v) is 11.5. The summed E-state index contributed by atoms with van der Waals surface area (Å²) >= 11 is 3.55. The van der Waals surface area contributed by atoms with Gasteiger partial charge in [-0.2, -0.15) is 0 Å². The van der Waals surface area contributed by atoms with Crippen LogP contribution < -0.4 is 5.73 Å². The van der Waals surface area contributed by atoms with E-state index < -0.39 is 0 Å². The third-order valence-electron chi connectivity index (χ3n) is 3.24. The van der Waals surface area contributed by atoms with Crippen LogP contribution in [0.1, 0.15) is 21.4 Å². The quantitative estimate of drug-likeness (QED) is 0.936. The zero-order valence-electron chi connectivity index (χ0n) is 9.83. The first-order valence-corrected chi connectivity index (χ1v) is 7.63. The molecule has 0 unspecified atom stereocenters. The Morgan fingerprint density at radius 1 is 1.39 bits per heavy atom. The summed E-state index contributed by atoms with van der Waals surface area (Å²) in [6, 6.07) is 6.57. The lowest BCUT2D eigenvalue weighted by Crippen LogP contribution is -2.40. The predicted molar refractivity (Wildman–Crippen MR) is 75.0 cm³/mol. The van der Waals surface area contributed by atoms with Crippen LogP contribution in [0.4, 0.5) is 0 Å². The summed E-state index contributed by atoms with van der Waals surface area (Å²) in [4.78, 5) is 16.1. The molecule has 0 saturated heterocycles. The minimum Gasteiger partial charge on any atom is -0.369 e. The standard InChI is InChI=1S/C13H14N2OS2/c14-12(16)8-15-5-3-10-9(4-7-18-10)13(15)11-2-1-6-17-11/h1-2,4,6-7,13H,3,5,8H2,(H2,14,16)/t13-/m0/s1. The van der Waals surface area contributed by atoms with Crippen LogP contribution in [0.5, 0.6) is 0 Å². The Morgan fingerprint density at radius 3 is 3.00 bits per heavy atom. The number of thiophene rings is 2. The summed E-state index contributed by atoms with van der Waals surface area (Å²) in [7, 11) is 0. The van der Waals surface area contributed by atoms with Crippen molar-refractivity contribution in [3.63, 3.8) is 0 Å². The van der Waals surface area contributed by atoms with E-state index in [1.165, 1.54) is 15.3 Å². The number of hydrogen-bond donors (Lipinski definition) is 1. The highest BCUT2D eigenvalue weighted by Crippen LogP contribution is 2.39. The van der Waals surface area contributed by atoms with Gasteiger partial charge in [0.25, 0.3) is 0 Å². The molecule has 0 bridgehead atoms. The van der Waals surface area contributed by atoms with Crippen molar-refractivity contribution in [2.75, 3.05) is 13.1 Å². The smallest absolute Gasteiger partial charge is 0.231 e. The SMILES string of the molecule is NC(=O)CN1CCc2sccc2[C@H]1c1cccs1. The monoisotopic (exact) mass is 278 g/mol. The van der Waals surface area contributed by atoms with Crippen molar-refractivity contribution in [1.82, 2.24) is 4.90 Å². The van der Waals surface area contributed by atoms with Crippen molar-refractivity contribution in [2.24, 2.45) is 5.73 Å². The van der Waals surface area contributed by atoms with E-state index in [0.717, 1.165) is 13.0 Å². The van der Waals surface area contributed by atoms with Gasteiger partial charge in [-0.3, -0.25) is 9.69 Å². The van der Waals surface area contributed by atoms with Gasteiger partial charge in [0.05, 0.1) is 12.6 Å². The van der Waals surface area contributed by atoms with E-state index in [-0.39, 0.29) is 11.9 Å². The number of primary amides is 1. The van der Waals surface area contributed by atoms with Crippen LogP contribution in [0.25, 0.3) is 0 Å². The first-order chi connectivity index (χ1) is 8.75. The Morgan fingerprint density at radius 2 is 2.28 bits per heavy atom. The van der Waals surface area contributed by atoms with Gasteiger partial charge in [-0.1, -0.05) is 6.07 Å². The van der Waals surface area contributed by atoms with E-state index in [4.69, 9.17) is 5.73 Å². The second-order valence-corrected chi connectivity index (χ2v) is 6.38. The fraction of sp³-hybridized carbons (Fsp3) is 0.308. The molecule has 1 amide bonds. The van der Waals surface area contributed by atoms with Crippen molar-refractivity contribution >= 4 is 28.6 Å². The highest BCUT2D eigenvalue weighted by molar-refractivity contribution is 7.10. The third-order valence-corrected chi connectivity index (χ3v) is 5.16. The number of amides is 1. The van der Waals surface area contributed by atoms with E-state index >= 15 is 0 Å². The van der Waals surface area contributed by atoms with Gasteiger partial charge in [-0.25, -0.2) is 0 Å². The van der Waals surface area contributed by atoms with E-state index in [2.05, 4.69) is 33.9 Å². The molecule has 18 heavy (non-hydrogen) atoms. The summed E-state index contributed by atoms with van der Waals surface area (Å²) in [6.07, 6.45) is 1.02. The second-order valence-electron chi connectivity index (χ2n) is 4.40. The molecule has 94 valence electrons. The molecule has 0 spiro atoms. The molecule has 5 heteroatoms. The van der Waals surface area contributed by atoms with Gasteiger partial charge in [-0.05, 0) is 34.9 Å². The molecule has 3 heterocycles. The average molecular weight is 278 g/mol. The van der Waals surface area contributed by atoms with E-state index in [0.29, 0.717) is 6.54 Å². The molecule has 0 radical (unpaired) electrons. The number of carbonyl (C=O) groups excluding carboxylic acids is 1. The minimum atomic E-state index is -0.254. The molecule has 2 aromatic heterocycles. The number of hydrogen-bond acceptors (Lipinski definition) is 4. The van der Waals surface area contributed by atoms with E-state index in [9.17, 15) is 4.79 Å². The Kier molecular flexibility index (Phi) is 3.20. The Hall–Kier alpha value is -1.17. The van der Waals surface area contributed by atoms with Crippen LogP contribution in [0.15, 0.2) is 29.0 Å². The molecule has 2 aromatic rings. The van der Waals surface area contributed by atoms with Crippen LogP contribution in [0.3, 0.4) is 0 Å². The molecule has 0 fully saturated rings. The highest BCUT2D eigenvalue weighted by Gasteiger charge is 2.30. The Labute approximate surface area is 114 Å². The number of carbonyl (C=O) groups is 1. The fourth-order valence-electron chi connectivity index (χ4n) is 2.52. The van der Waals surface area contributed by atoms with E-state index in [1.54, 1.807) is 11.3 Å². The third kappa shape index (κ3) is 2.09. The molecule has 2 N–H and O–H groups in total. The van der Waals surface area contributed by atoms with Crippen LogP contribution in [-0.4, -0.2) is 23.9 Å². The van der Waals surface area contributed by atoms with Gasteiger partial charge in [0.1, 0.15) is 0 Å². The fourth-order valence-corrected chi connectivity index (χ4v) is 4.30. The summed E-state index contributed by atoms with van der Waals surface area (Å²) in [5, 5.41) is 4.22. The summed E-state index contributed by atoms with van der Waals surface area (Å²) in [5.74, 6) is -0.254. The summed E-state index contributed by atoms with van der Waals surface area (Å²) < 4.78 is 0. The van der Waals surface area contributed by atoms with E-state index in [1.807, 2.05) is 11.3 Å². The maximum absolute atomic E-state index is 11.2. The maximum Gasteiger partial charge on any atom is 0.231 e. The molecule has 3 rings (SSSR count). The van der Waals surface area contributed by atoms with Gasteiger partial charge in [-0.15, -0.1) is 22.7 Å².